The molecule has 0 radical (unpaired) electrons. The van der Waals surface area contributed by atoms with Gasteiger partial charge in [0.2, 0.25) is 0 Å². The van der Waals surface area contributed by atoms with Gasteiger partial charge in [0.05, 0.1) is 25.4 Å². The molecule has 3 atom stereocenters. The Labute approximate surface area is 124 Å². The number of nitriles is 1. The van der Waals surface area contributed by atoms with E-state index >= 15 is 0 Å². The maximum absolute atomic E-state index is 9.59. The molecule has 2 rings (SSSR count). The largest absolute Gasteiger partial charge is 0.496 e. The van der Waals surface area contributed by atoms with Crippen LogP contribution in [0.1, 0.15) is 25.5 Å². The van der Waals surface area contributed by atoms with Crippen LogP contribution in [-0.4, -0.2) is 24.4 Å². The molecule has 0 aliphatic carbocycles. The molecule has 1 N–H and O–H groups in total. The Kier molecular flexibility index (Phi) is 4.79. The molecule has 0 heterocycles. The Morgan fingerprint density at radius 1 is 1.14 bits per heavy atom. The lowest BCUT2D eigenvalue weighted by Crippen LogP contribution is -2.24. The quantitative estimate of drug-likeness (QED) is 0.916. The number of aliphatic hydroxyl groups excluding tert-OH is 1. The Bertz CT molecular complexity index is 661. The van der Waals surface area contributed by atoms with Crippen LogP contribution in [-0.2, 0) is 4.74 Å². The summed E-state index contributed by atoms with van der Waals surface area (Å²) >= 11 is 0. The van der Waals surface area contributed by atoms with Crippen LogP contribution in [0.25, 0.3) is 10.8 Å². The number of rotatable bonds is 5. The summed E-state index contributed by atoms with van der Waals surface area (Å²) < 4.78 is 11.1. The first kappa shape index (κ1) is 15.3. The zero-order valence-electron chi connectivity index (χ0n) is 12.4. The molecule has 0 aliphatic rings. The number of benzene rings is 2. The topological polar surface area (TPSA) is 62.5 Å². The van der Waals surface area contributed by atoms with Crippen molar-refractivity contribution < 1.29 is 14.6 Å². The molecule has 4 heteroatoms. The fourth-order valence-electron chi connectivity index (χ4n) is 2.22. The fraction of sp³-hybridized carbons (Fsp3) is 0.353. The minimum atomic E-state index is -0.796. The van der Waals surface area contributed by atoms with Crippen molar-refractivity contribution in [3.8, 4) is 11.8 Å². The van der Waals surface area contributed by atoms with Gasteiger partial charge in [-0.1, -0.05) is 30.3 Å². The second-order valence-electron chi connectivity index (χ2n) is 4.99. The van der Waals surface area contributed by atoms with Gasteiger partial charge in [0.1, 0.15) is 5.75 Å². The van der Waals surface area contributed by atoms with E-state index in [-0.39, 0.29) is 0 Å². The highest BCUT2D eigenvalue weighted by molar-refractivity contribution is 5.88. The predicted octanol–water partition coefficient (Wildman–Crippen LogP) is 3.20. The first-order valence-corrected chi connectivity index (χ1v) is 6.87. The van der Waals surface area contributed by atoms with E-state index in [1.807, 2.05) is 36.4 Å². The summed E-state index contributed by atoms with van der Waals surface area (Å²) in [5.41, 5.74) is 0.700. The van der Waals surface area contributed by atoms with Crippen LogP contribution in [0.3, 0.4) is 0 Å². The molecule has 0 saturated carbocycles. The van der Waals surface area contributed by atoms with Crippen molar-refractivity contribution in [2.24, 2.45) is 0 Å². The van der Waals surface area contributed by atoms with Crippen molar-refractivity contribution >= 4 is 10.8 Å². The Hall–Kier alpha value is -2.09. The van der Waals surface area contributed by atoms with Crippen molar-refractivity contribution in [2.75, 3.05) is 7.11 Å². The van der Waals surface area contributed by atoms with Gasteiger partial charge < -0.3 is 14.6 Å². The molecule has 2 aromatic rings. The van der Waals surface area contributed by atoms with Gasteiger partial charge in [0, 0.05) is 5.56 Å². The zero-order valence-corrected chi connectivity index (χ0v) is 12.4. The molecule has 0 spiro atoms. The molecule has 110 valence electrons. The van der Waals surface area contributed by atoms with Crippen molar-refractivity contribution in [1.29, 1.82) is 5.26 Å². The van der Waals surface area contributed by atoms with Crippen molar-refractivity contribution in [2.45, 2.75) is 32.2 Å². The van der Waals surface area contributed by atoms with Gasteiger partial charge in [0.25, 0.3) is 0 Å². The summed E-state index contributed by atoms with van der Waals surface area (Å²) in [6, 6.07) is 13.7. The van der Waals surface area contributed by atoms with E-state index in [0.29, 0.717) is 11.3 Å². The van der Waals surface area contributed by atoms with E-state index in [9.17, 15) is 10.4 Å². The maximum Gasteiger partial charge on any atom is 0.173 e. The van der Waals surface area contributed by atoms with E-state index in [0.717, 1.165) is 10.8 Å². The normalized spacial score (nSPS) is 15.2. The van der Waals surface area contributed by atoms with Gasteiger partial charge in [-0.3, -0.25) is 0 Å². The first-order valence-electron chi connectivity index (χ1n) is 6.87. The van der Waals surface area contributed by atoms with Crippen LogP contribution in [0, 0.1) is 11.3 Å². The van der Waals surface area contributed by atoms with Gasteiger partial charge in [-0.25, -0.2) is 0 Å². The summed E-state index contributed by atoms with van der Waals surface area (Å²) in [5.74, 6) is 0.609. The van der Waals surface area contributed by atoms with Crippen molar-refractivity contribution in [3.63, 3.8) is 0 Å². The van der Waals surface area contributed by atoms with Crippen LogP contribution in [0.2, 0.25) is 0 Å². The molecule has 0 saturated heterocycles. The van der Waals surface area contributed by atoms with E-state index in [4.69, 9.17) is 9.47 Å². The lowest BCUT2D eigenvalue weighted by Gasteiger charge is -2.22. The minimum absolute atomic E-state index is 0.446. The first-order chi connectivity index (χ1) is 10.1. The number of methoxy groups -OCH3 is 1. The van der Waals surface area contributed by atoms with Crippen LogP contribution in [0.15, 0.2) is 36.4 Å². The lowest BCUT2D eigenvalue weighted by atomic mass is 9.99. The predicted molar refractivity (Wildman–Crippen MR) is 81.1 cm³/mol. The second-order valence-corrected chi connectivity index (χ2v) is 4.99. The van der Waals surface area contributed by atoms with Crippen LogP contribution < -0.4 is 4.74 Å². The SMILES string of the molecule is COc1ccc2ccccc2c1C(C#N)OC(C)C(C)O. The number of hydrogen-bond donors (Lipinski definition) is 1. The molecule has 0 fully saturated rings. The molecule has 4 nitrogen and oxygen atoms in total. The van der Waals surface area contributed by atoms with E-state index < -0.39 is 18.3 Å². The standard InChI is InChI=1S/C17H19NO3/c1-11(19)12(2)21-16(10-18)17-14-7-5-4-6-13(14)8-9-15(17)20-3/h4-9,11-12,16,19H,1-3H3. The smallest absolute Gasteiger partial charge is 0.173 e. The third-order valence-corrected chi connectivity index (χ3v) is 3.56. The number of ether oxygens (including phenoxy) is 2. The molecular weight excluding hydrogens is 266 g/mol. The summed E-state index contributed by atoms with van der Waals surface area (Å²) in [7, 11) is 1.57. The Morgan fingerprint density at radius 2 is 1.86 bits per heavy atom. The number of nitrogens with zero attached hydrogens (tertiary/aromatic N) is 1. The summed E-state index contributed by atoms with van der Waals surface area (Å²) in [6.45, 7) is 3.38. The molecule has 0 amide bonds. The van der Waals surface area contributed by atoms with Crippen LogP contribution >= 0.6 is 0 Å². The van der Waals surface area contributed by atoms with Gasteiger partial charge in [-0.05, 0) is 30.7 Å². The molecule has 2 aromatic carbocycles. The number of hydrogen-bond acceptors (Lipinski definition) is 4. The summed E-state index contributed by atoms with van der Waals surface area (Å²) in [6.07, 6.45) is -1.89. The van der Waals surface area contributed by atoms with Gasteiger partial charge >= 0.3 is 0 Å². The third-order valence-electron chi connectivity index (χ3n) is 3.56. The van der Waals surface area contributed by atoms with Gasteiger partial charge in [-0.15, -0.1) is 0 Å². The van der Waals surface area contributed by atoms with Gasteiger partial charge in [-0.2, -0.15) is 5.26 Å². The fourth-order valence-corrected chi connectivity index (χ4v) is 2.22. The molecule has 0 aromatic heterocycles. The van der Waals surface area contributed by atoms with Crippen molar-refractivity contribution in [3.05, 3.63) is 42.0 Å². The molecule has 3 unspecified atom stereocenters. The highest BCUT2D eigenvalue weighted by Crippen LogP contribution is 2.35. The van der Waals surface area contributed by atoms with Crippen molar-refractivity contribution in [1.82, 2.24) is 0 Å². The molecule has 0 bridgehead atoms. The zero-order chi connectivity index (χ0) is 15.4. The molecule has 21 heavy (non-hydrogen) atoms. The lowest BCUT2D eigenvalue weighted by molar-refractivity contribution is -0.0427. The molecular formula is C17H19NO3. The van der Waals surface area contributed by atoms with Crippen LogP contribution in [0.5, 0.6) is 5.75 Å². The van der Waals surface area contributed by atoms with Gasteiger partial charge in [0.15, 0.2) is 6.10 Å². The molecule has 0 aliphatic heterocycles. The minimum Gasteiger partial charge on any atom is -0.496 e. The summed E-state index contributed by atoms with van der Waals surface area (Å²) in [4.78, 5) is 0. The van der Waals surface area contributed by atoms with E-state index in [1.54, 1.807) is 21.0 Å². The average molecular weight is 285 g/mol. The van der Waals surface area contributed by atoms with Crippen LogP contribution in [0.4, 0.5) is 0 Å². The van der Waals surface area contributed by atoms with E-state index in [1.165, 1.54) is 0 Å². The third kappa shape index (κ3) is 3.15. The summed E-state index contributed by atoms with van der Waals surface area (Å²) in [5, 5.41) is 21.0. The maximum atomic E-state index is 9.59. The highest BCUT2D eigenvalue weighted by atomic mass is 16.5. The highest BCUT2D eigenvalue weighted by Gasteiger charge is 2.23. The Morgan fingerprint density at radius 3 is 2.48 bits per heavy atom. The number of fused-ring (bicyclic) bond motifs is 1. The monoisotopic (exact) mass is 285 g/mol. The van der Waals surface area contributed by atoms with E-state index in [2.05, 4.69) is 6.07 Å². The number of aliphatic hydroxyl groups is 1. The average Bonchev–Trinajstić information content (AvgIpc) is 2.51. The Balaban J connectivity index is 2.54. The second kappa shape index (κ2) is 6.57.